The molecule has 0 spiro atoms. The van der Waals surface area contributed by atoms with Crippen molar-refractivity contribution in [1.82, 2.24) is 5.32 Å². The second-order valence-corrected chi connectivity index (χ2v) is 5.59. The molecule has 110 valence electrons. The van der Waals surface area contributed by atoms with E-state index in [1.807, 2.05) is 13.8 Å². The lowest BCUT2D eigenvalue weighted by Crippen LogP contribution is -2.50. The largest absolute Gasteiger partial charge is 0.481 e. The number of aliphatic carboxylic acids is 1. The summed E-state index contributed by atoms with van der Waals surface area (Å²) in [6.07, 6.45) is 4.97. The number of carbonyl (C=O) groups excluding carboxylic acids is 1. The molecule has 1 amide bonds. The van der Waals surface area contributed by atoms with Crippen LogP contribution in [0.5, 0.6) is 0 Å². The molecule has 0 saturated heterocycles. The van der Waals surface area contributed by atoms with Gasteiger partial charge in [0, 0.05) is 18.5 Å². The molecule has 1 saturated carbocycles. The SMILES string of the molecule is CCC(CC)(CC(=O)NC1CCCCC1N)C(=O)O. The molecule has 1 rings (SSSR count). The van der Waals surface area contributed by atoms with Crippen molar-refractivity contribution < 1.29 is 14.7 Å². The van der Waals surface area contributed by atoms with Gasteiger partial charge in [-0.15, -0.1) is 0 Å². The van der Waals surface area contributed by atoms with Gasteiger partial charge < -0.3 is 16.2 Å². The number of rotatable bonds is 6. The third-order valence-corrected chi connectivity index (χ3v) is 4.47. The molecule has 2 unspecified atom stereocenters. The monoisotopic (exact) mass is 270 g/mol. The second-order valence-electron chi connectivity index (χ2n) is 5.59. The minimum Gasteiger partial charge on any atom is -0.481 e. The topological polar surface area (TPSA) is 92.4 Å². The van der Waals surface area contributed by atoms with Crippen LogP contribution in [0.3, 0.4) is 0 Å². The van der Waals surface area contributed by atoms with Gasteiger partial charge >= 0.3 is 5.97 Å². The average Bonchev–Trinajstić information content (AvgIpc) is 2.38. The lowest BCUT2D eigenvalue weighted by Gasteiger charge is -2.31. The van der Waals surface area contributed by atoms with Crippen molar-refractivity contribution in [1.29, 1.82) is 0 Å². The van der Waals surface area contributed by atoms with Crippen molar-refractivity contribution in [3.05, 3.63) is 0 Å². The normalized spacial score (nSPS) is 23.9. The Morgan fingerprint density at radius 2 is 1.84 bits per heavy atom. The van der Waals surface area contributed by atoms with Gasteiger partial charge in [0.25, 0.3) is 0 Å². The van der Waals surface area contributed by atoms with Crippen LogP contribution in [0.1, 0.15) is 58.8 Å². The molecule has 1 fully saturated rings. The quantitative estimate of drug-likeness (QED) is 0.684. The first-order valence-corrected chi connectivity index (χ1v) is 7.23. The average molecular weight is 270 g/mol. The van der Waals surface area contributed by atoms with Gasteiger partial charge in [0.05, 0.1) is 5.41 Å². The zero-order chi connectivity index (χ0) is 14.5. The molecule has 5 nitrogen and oxygen atoms in total. The Morgan fingerprint density at radius 3 is 2.32 bits per heavy atom. The first-order chi connectivity index (χ1) is 8.95. The maximum Gasteiger partial charge on any atom is 0.310 e. The van der Waals surface area contributed by atoms with Crippen molar-refractivity contribution in [2.45, 2.75) is 70.9 Å². The van der Waals surface area contributed by atoms with Crippen molar-refractivity contribution in [3.8, 4) is 0 Å². The molecule has 0 bridgehead atoms. The number of nitrogens with one attached hydrogen (secondary N) is 1. The number of amides is 1. The molecular formula is C14H26N2O3. The van der Waals surface area contributed by atoms with E-state index in [2.05, 4.69) is 5.32 Å². The minimum atomic E-state index is -0.942. The Morgan fingerprint density at radius 1 is 1.26 bits per heavy atom. The van der Waals surface area contributed by atoms with Crippen LogP contribution < -0.4 is 11.1 Å². The summed E-state index contributed by atoms with van der Waals surface area (Å²) in [6, 6.07) is 0.00152. The number of carboxylic acid groups (broad SMARTS) is 1. The molecule has 0 radical (unpaired) electrons. The first kappa shape index (κ1) is 16.0. The molecule has 0 aliphatic heterocycles. The van der Waals surface area contributed by atoms with Crippen molar-refractivity contribution in [2.75, 3.05) is 0 Å². The maximum absolute atomic E-state index is 12.1. The van der Waals surface area contributed by atoms with Gasteiger partial charge in [-0.25, -0.2) is 0 Å². The van der Waals surface area contributed by atoms with Gasteiger partial charge in [0.15, 0.2) is 0 Å². The van der Waals surface area contributed by atoms with Crippen LogP contribution in [0.2, 0.25) is 0 Å². The molecule has 5 heteroatoms. The van der Waals surface area contributed by atoms with E-state index >= 15 is 0 Å². The minimum absolute atomic E-state index is 0.000168. The van der Waals surface area contributed by atoms with Crippen molar-refractivity contribution >= 4 is 11.9 Å². The molecule has 2 atom stereocenters. The molecule has 0 aromatic heterocycles. The summed E-state index contributed by atoms with van der Waals surface area (Å²) >= 11 is 0. The van der Waals surface area contributed by atoms with Crippen LogP contribution in [0.4, 0.5) is 0 Å². The van der Waals surface area contributed by atoms with E-state index < -0.39 is 11.4 Å². The fourth-order valence-corrected chi connectivity index (χ4v) is 2.78. The van der Waals surface area contributed by atoms with E-state index in [1.54, 1.807) is 0 Å². The maximum atomic E-state index is 12.1. The Balaban J connectivity index is 2.60. The van der Waals surface area contributed by atoms with Crippen LogP contribution in [0, 0.1) is 5.41 Å². The van der Waals surface area contributed by atoms with E-state index in [4.69, 9.17) is 5.73 Å². The molecular weight excluding hydrogens is 244 g/mol. The molecule has 1 aliphatic carbocycles. The highest BCUT2D eigenvalue weighted by Crippen LogP contribution is 2.31. The summed E-state index contributed by atoms with van der Waals surface area (Å²) in [5.41, 5.74) is 5.04. The fraction of sp³-hybridized carbons (Fsp3) is 0.857. The van der Waals surface area contributed by atoms with Gasteiger partial charge in [-0.05, 0) is 25.7 Å². The summed E-state index contributed by atoms with van der Waals surface area (Å²) in [6.45, 7) is 3.63. The highest BCUT2D eigenvalue weighted by molar-refractivity contribution is 5.85. The summed E-state index contributed by atoms with van der Waals surface area (Å²) in [4.78, 5) is 23.4. The van der Waals surface area contributed by atoms with Gasteiger partial charge in [-0.1, -0.05) is 26.7 Å². The van der Waals surface area contributed by atoms with E-state index in [-0.39, 0.29) is 24.4 Å². The molecule has 19 heavy (non-hydrogen) atoms. The van der Waals surface area contributed by atoms with Gasteiger partial charge in [0.1, 0.15) is 0 Å². The zero-order valence-electron chi connectivity index (χ0n) is 11.9. The summed E-state index contributed by atoms with van der Waals surface area (Å²) < 4.78 is 0. The number of nitrogens with two attached hydrogens (primary N) is 1. The number of carbonyl (C=O) groups is 2. The van der Waals surface area contributed by atoms with E-state index in [9.17, 15) is 14.7 Å². The molecule has 1 aliphatic rings. The Kier molecular flexibility index (Phi) is 5.79. The third-order valence-electron chi connectivity index (χ3n) is 4.47. The smallest absolute Gasteiger partial charge is 0.310 e. The molecule has 0 heterocycles. The predicted octanol–water partition coefficient (Wildman–Crippen LogP) is 1.65. The first-order valence-electron chi connectivity index (χ1n) is 7.23. The predicted molar refractivity (Wildman–Crippen MR) is 73.6 cm³/mol. The zero-order valence-corrected chi connectivity index (χ0v) is 11.9. The van der Waals surface area contributed by atoms with E-state index in [1.165, 1.54) is 0 Å². The lowest BCUT2D eigenvalue weighted by atomic mass is 9.79. The number of hydrogen-bond donors (Lipinski definition) is 3. The standard InChI is InChI=1S/C14H26N2O3/c1-3-14(4-2,13(18)19)9-12(17)16-11-8-6-5-7-10(11)15/h10-11H,3-9,15H2,1-2H3,(H,16,17)(H,18,19). The van der Waals surface area contributed by atoms with Crippen LogP contribution >= 0.6 is 0 Å². The number of hydrogen-bond acceptors (Lipinski definition) is 3. The highest BCUT2D eigenvalue weighted by Gasteiger charge is 2.37. The van der Waals surface area contributed by atoms with Crippen LogP contribution in [-0.4, -0.2) is 29.1 Å². The van der Waals surface area contributed by atoms with Gasteiger partial charge in [0.2, 0.25) is 5.91 Å². The molecule has 0 aromatic carbocycles. The van der Waals surface area contributed by atoms with E-state index in [0.29, 0.717) is 12.8 Å². The van der Waals surface area contributed by atoms with E-state index in [0.717, 1.165) is 25.7 Å². The lowest BCUT2D eigenvalue weighted by molar-refractivity contribution is -0.152. The van der Waals surface area contributed by atoms with Gasteiger partial charge in [-0.3, -0.25) is 9.59 Å². The van der Waals surface area contributed by atoms with Crippen LogP contribution in [-0.2, 0) is 9.59 Å². The Labute approximate surface area is 114 Å². The number of carboxylic acids is 1. The Bertz CT molecular complexity index is 327. The third kappa shape index (κ3) is 3.93. The second kappa shape index (κ2) is 6.89. The van der Waals surface area contributed by atoms with Crippen LogP contribution in [0.15, 0.2) is 0 Å². The molecule has 4 N–H and O–H groups in total. The Hall–Kier alpha value is -1.10. The van der Waals surface area contributed by atoms with Gasteiger partial charge in [-0.2, -0.15) is 0 Å². The summed E-state index contributed by atoms with van der Waals surface area (Å²) in [5.74, 6) is -1.07. The van der Waals surface area contributed by atoms with Crippen molar-refractivity contribution in [2.24, 2.45) is 11.1 Å². The summed E-state index contributed by atoms with van der Waals surface area (Å²) in [5, 5.41) is 12.2. The summed E-state index contributed by atoms with van der Waals surface area (Å²) in [7, 11) is 0. The highest BCUT2D eigenvalue weighted by atomic mass is 16.4. The molecule has 0 aromatic rings. The fourth-order valence-electron chi connectivity index (χ4n) is 2.78. The van der Waals surface area contributed by atoms with Crippen molar-refractivity contribution in [3.63, 3.8) is 0 Å². The van der Waals surface area contributed by atoms with Crippen LogP contribution in [0.25, 0.3) is 0 Å².